The average Bonchev–Trinajstić information content (AvgIpc) is 2.59. The molecule has 2 aliphatic rings. The Morgan fingerprint density at radius 2 is 1.52 bits per heavy atom. The molecule has 1 aromatic carbocycles. The summed E-state index contributed by atoms with van der Waals surface area (Å²) < 4.78 is 32.9. The molecule has 138 valence electrons. The maximum atomic E-state index is 13.9. The van der Waals surface area contributed by atoms with E-state index < -0.39 is 17.6 Å². The lowest BCUT2D eigenvalue weighted by molar-refractivity contribution is 0.0113. The topological polar surface area (TPSA) is 26.3 Å². The number of thiol groups is 1. The van der Waals surface area contributed by atoms with Crippen LogP contribution in [0.25, 0.3) is 0 Å². The van der Waals surface area contributed by atoms with Crippen LogP contribution in [0.3, 0.4) is 0 Å². The van der Waals surface area contributed by atoms with E-state index in [-0.39, 0.29) is 17.2 Å². The van der Waals surface area contributed by atoms with Gasteiger partial charge in [0.1, 0.15) is 17.7 Å². The number of carbonyl (C=O) groups is 1. The lowest BCUT2D eigenvalue weighted by Crippen LogP contribution is -2.30. The van der Waals surface area contributed by atoms with Gasteiger partial charge < -0.3 is 4.74 Å². The molecule has 0 spiro atoms. The molecular weight excluding hydrogens is 342 g/mol. The fourth-order valence-electron chi connectivity index (χ4n) is 4.27. The molecule has 0 bridgehead atoms. The number of benzene rings is 1. The molecule has 0 saturated heterocycles. The van der Waals surface area contributed by atoms with E-state index in [0.717, 1.165) is 43.7 Å². The summed E-state index contributed by atoms with van der Waals surface area (Å²) >= 11 is 4.56. The van der Waals surface area contributed by atoms with Crippen molar-refractivity contribution in [1.29, 1.82) is 0 Å². The molecule has 0 aromatic heterocycles. The molecular formula is C20H26F2O2S. The van der Waals surface area contributed by atoms with Crippen LogP contribution >= 0.6 is 12.6 Å². The summed E-state index contributed by atoms with van der Waals surface area (Å²) in [6.45, 7) is 1.47. The van der Waals surface area contributed by atoms with Crippen LogP contribution in [-0.2, 0) is 4.74 Å². The molecule has 0 N–H and O–H groups in total. The van der Waals surface area contributed by atoms with Crippen LogP contribution in [0, 0.1) is 30.4 Å². The Morgan fingerprint density at radius 3 is 2.12 bits per heavy atom. The summed E-state index contributed by atoms with van der Waals surface area (Å²) in [6, 6.07) is 1.98. The van der Waals surface area contributed by atoms with Gasteiger partial charge in [-0.05, 0) is 87.8 Å². The minimum atomic E-state index is -0.754. The molecule has 2 nitrogen and oxygen atoms in total. The van der Waals surface area contributed by atoms with Crippen molar-refractivity contribution in [2.24, 2.45) is 11.8 Å². The largest absolute Gasteiger partial charge is 0.459 e. The zero-order valence-corrected chi connectivity index (χ0v) is 15.5. The van der Waals surface area contributed by atoms with Crippen molar-refractivity contribution >= 4 is 18.6 Å². The van der Waals surface area contributed by atoms with E-state index in [0.29, 0.717) is 11.2 Å². The van der Waals surface area contributed by atoms with E-state index in [4.69, 9.17) is 4.74 Å². The zero-order valence-electron chi connectivity index (χ0n) is 14.6. The molecule has 0 unspecified atom stereocenters. The van der Waals surface area contributed by atoms with Gasteiger partial charge in [-0.3, -0.25) is 0 Å². The van der Waals surface area contributed by atoms with Crippen LogP contribution in [0.2, 0.25) is 0 Å². The Hall–Kier alpha value is -1.10. The predicted molar refractivity (Wildman–Crippen MR) is 97.0 cm³/mol. The summed E-state index contributed by atoms with van der Waals surface area (Å²) in [4.78, 5) is 12.2. The van der Waals surface area contributed by atoms with E-state index in [1.807, 2.05) is 0 Å². The lowest BCUT2D eigenvalue weighted by Gasteiger charge is -2.36. The molecule has 3 rings (SSSR count). The van der Waals surface area contributed by atoms with E-state index in [9.17, 15) is 13.6 Å². The molecule has 0 amide bonds. The van der Waals surface area contributed by atoms with Crippen molar-refractivity contribution in [2.75, 3.05) is 0 Å². The molecule has 2 fully saturated rings. The maximum Gasteiger partial charge on any atom is 0.341 e. The summed E-state index contributed by atoms with van der Waals surface area (Å²) in [5, 5.41) is 0.554. The van der Waals surface area contributed by atoms with Gasteiger partial charge in [0.15, 0.2) is 0 Å². The molecule has 0 atom stereocenters. The first-order chi connectivity index (χ1) is 11.9. The average molecular weight is 368 g/mol. The van der Waals surface area contributed by atoms with Crippen LogP contribution in [0.1, 0.15) is 67.3 Å². The number of ether oxygens (including phenoxy) is 1. The molecule has 25 heavy (non-hydrogen) atoms. The summed E-state index contributed by atoms with van der Waals surface area (Å²) in [7, 11) is 0. The second-order valence-corrected chi connectivity index (χ2v) is 8.32. The highest BCUT2D eigenvalue weighted by Gasteiger charge is 2.31. The molecule has 1 aromatic rings. The van der Waals surface area contributed by atoms with Gasteiger partial charge in [-0.15, -0.1) is 0 Å². The third kappa shape index (κ3) is 4.55. The highest BCUT2D eigenvalue weighted by molar-refractivity contribution is 7.80. The Bertz CT molecular complexity index is 618. The smallest absolute Gasteiger partial charge is 0.341 e. The Kier molecular flexibility index (Phi) is 6.03. The number of halogens is 2. The quantitative estimate of drug-likeness (QED) is 0.565. The van der Waals surface area contributed by atoms with Gasteiger partial charge in [0, 0.05) is 5.25 Å². The van der Waals surface area contributed by atoms with Gasteiger partial charge in [-0.1, -0.05) is 0 Å². The second-order valence-electron chi connectivity index (χ2n) is 7.59. The van der Waals surface area contributed by atoms with E-state index in [1.165, 1.54) is 32.6 Å². The molecule has 2 aliphatic carbocycles. The molecule has 0 radical (unpaired) electrons. The van der Waals surface area contributed by atoms with Crippen LogP contribution in [0.5, 0.6) is 0 Å². The first-order valence-electron chi connectivity index (χ1n) is 9.28. The maximum absolute atomic E-state index is 13.9. The molecule has 2 saturated carbocycles. The Morgan fingerprint density at radius 1 is 0.960 bits per heavy atom. The number of hydrogen-bond acceptors (Lipinski definition) is 3. The SMILES string of the molecule is Cc1cc(F)c(C(=O)OC2CCC(C3CCC(S)CC3)CC2)cc1F. The van der Waals surface area contributed by atoms with E-state index in [1.54, 1.807) is 0 Å². The highest BCUT2D eigenvalue weighted by Crippen LogP contribution is 2.40. The zero-order chi connectivity index (χ0) is 18.0. The van der Waals surface area contributed by atoms with Crippen LogP contribution in [0.15, 0.2) is 12.1 Å². The highest BCUT2D eigenvalue weighted by atomic mass is 32.1. The van der Waals surface area contributed by atoms with Crippen LogP contribution < -0.4 is 0 Å². The van der Waals surface area contributed by atoms with Gasteiger partial charge in [0.05, 0.1) is 5.56 Å². The lowest BCUT2D eigenvalue weighted by atomic mass is 9.73. The Balaban J connectivity index is 1.52. The normalized spacial score (nSPS) is 30.1. The standard InChI is InChI=1S/C20H26F2O2S/c1-12-10-19(22)17(11-18(12)21)20(23)24-15-6-2-13(3-7-15)14-4-8-16(25)9-5-14/h10-11,13-16,25H,2-9H2,1H3. The first-order valence-corrected chi connectivity index (χ1v) is 9.80. The van der Waals surface area contributed by atoms with Crippen molar-refractivity contribution in [3.05, 3.63) is 34.9 Å². The fourth-order valence-corrected chi connectivity index (χ4v) is 4.57. The summed E-state index contributed by atoms with van der Waals surface area (Å²) in [5.41, 5.74) is -0.122. The summed E-state index contributed by atoms with van der Waals surface area (Å²) in [5.74, 6) is -0.596. The first kappa shape index (κ1) is 18.7. The fraction of sp³-hybridized carbons (Fsp3) is 0.650. The van der Waals surface area contributed by atoms with Gasteiger partial charge in [-0.25, -0.2) is 13.6 Å². The number of carbonyl (C=O) groups excluding carboxylic acids is 1. The summed E-state index contributed by atoms with van der Waals surface area (Å²) in [6.07, 6.45) is 8.42. The minimum absolute atomic E-state index is 0.186. The van der Waals surface area contributed by atoms with E-state index >= 15 is 0 Å². The third-order valence-corrected chi connectivity index (χ3v) is 6.39. The van der Waals surface area contributed by atoms with Gasteiger partial charge >= 0.3 is 5.97 Å². The van der Waals surface area contributed by atoms with Crippen molar-refractivity contribution in [3.63, 3.8) is 0 Å². The third-order valence-electron chi connectivity index (χ3n) is 5.87. The minimum Gasteiger partial charge on any atom is -0.459 e. The van der Waals surface area contributed by atoms with Crippen molar-refractivity contribution in [3.8, 4) is 0 Å². The molecule has 0 aliphatic heterocycles. The van der Waals surface area contributed by atoms with Crippen LogP contribution in [0.4, 0.5) is 8.78 Å². The van der Waals surface area contributed by atoms with E-state index in [2.05, 4.69) is 12.6 Å². The van der Waals surface area contributed by atoms with Gasteiger partial charge in [0.2, 0.25) is 0 Å². The molecule has 0 heterocycles. The number of hydrogen-bond donors (Lipinski definition) is 1. The van der Waals surface area contributed by atoms with Crippen molar-refractivity contribution in [2.45, 2.75) is 69.6 Å². The van der Waals surface area contributed by atoms with Crippen molar-refractivity contribution < 1.29 is 18.3 Å². The van der Waals surface area contributed by atoms with Gasteiger partial charge in [-0.2, -0.15) is 12.6 Å². The monoisotopic (exact) mass is 368 g/mol. The molecule has 5 heteroatoms. The van der Waals surface area contributed by atoms with Gasteiger partial charge in [0.25, 0.3) is 0 Å². The number of rotatable bonds is 3. The predicted octanol–water partition coefficient (Wildman–Crippen LogP) is 5.48. The Labute approximate surface area is 153 Å². The van der Waals surface area contributed by atoms with Crippen LogP contribution in [-0.4, -0.2) is 17.3 Å². The van der Waals surface area contributed by atoms with Crippen molar-refractivity contribution in [1.82, 2.24) is 0 Å². The number of aryl methyl sites for hydroxylation is 1. The number of esters is 1. The second kappa shape index (κ2) is 8.07.